The summed E-state index contributed by atoms with van der Waals surface area (Å²) in [5.41, 5.74) is 0.949. The van der Waals surface area contributed by atoms with Crippen molar-refractivity contribution in [3.8, 4) is 11.4 Å². The highest BCUT2D eigenvalue weighted by Crippen LogP contribution is 2.26. The summed E-state index contributed by atoms with van der Waals surface area (Å²) in [4.78, 5) is 9.98. The van der Waals surface area contributed by atoms with Crippen LogP contribution >= 0.6 is 23.5 Å². The van der Waals surface area contributed by atoms with Gasteiger partial charge in [-0.3, -0.25) is 0 Å². The van der Waals surface area contributed by atoms with Crippen molar-refractivity contribution in [2.75, 3.05) is 4.72 Å². The summed E-state index contributed by atoms with van der Waals surface area (Å²) < 4.78 is 3.23. The van der Waals surface area contributed by atoms with Crippen LogP contribution in [0.1, 0.15) is 12.8 Å². The van der Waals surface area contributed by atoms with Crippen molar-refractivity contribution in [1.82, 2.24) is 9.97 Å². The van der Waals surface area contributed by atoms with Gasteiger partial charge in [0.1, 0.15) is 11.0 Å². The molecule has 0 spiro atoms. The van der Waals surface area contributed by atoms with Crippen molar-refractivity contribution in [1.29, 1.82) is 0 Å². The van der Waals surface area contributed by atoms with Crippen LogP contribution in [0.5, 0.6) is 0 Å². The van der Waals surface area contributed by atoms with Crippen LogP contribution in [0.25, 0.3) is 11.4 Å². The number of nitrogens with one attached hydrogen (secondary N) is 1. The minimum absolute atomic E-state index is 0.431. The van der Waals surface area contributed by atoms with Crippen LogP contribution in [0.2, 0.25) is 5.15 Å². The number of hydrogen-bond donors (Lipinski definition) is 1. The number of rotatable bonds is 4. The van der Waals surface area contributed by atoms with E-state index >= 15 is 0 Å². The van der Waals surface area contributed by atoms with Gasteiger partial charge in [0.05, 0.1) is 0 Å². The lowest BCUT2D eigenvalue weighted by Crippen LogP contribution is -1.96. The van der Waals surface area contributed by atoms with E-state index in [0.29, 0.717) is 16.8 Å². The average molecular weight is 316 g/mol. The second-order valence-corrected chi connectivity index (χ2v) is 5.82. The van der Waals surface area contributed by atoms with E-state index in [2.05, 4.69) is 32.9 Å². The predicted octanol–water partition coefficient (Wildman–Crippen LogP) is 5.09. The third-order valence-corrected chi connectivity index (χ3v) is 4.00. The van der Waals surface area contributed by atoms with Gasteiger partial charge in [-0.1, -0.05) is 60.2 Å². The molecule has 21 heavy (non-hydrogen) atoms. The molecule has 1 N–H and O–H groups in total. The number of benzene rings is 1. The summed E-state index contributed by atoms with van der Waals surface area (Å²) in [5, 5.41) is 0.431. The first-order valence-corrected chi connectivity index (χ1v) is 7.90. The van der Waals surface area contributed by atoms with Crippen molar-refractivity contribution in [3.63, 3.8) is 0 Å². The van der Waals surface area contributed by atoms with Gasteiger partial charge >= 0.3 is 0 Å². The number of halogens is 1. The van der Waals surface area contributed by atoms with Crippen LogP contribution < -0.4 is 4.72 Å². The third kappa shape index (κ3) is 3.86. The first-order valence-electron chi connectivity index (χ1n) is 6.71. The van der Waals surface area contributed by atoms with Crippen molar-refractivity contribution in [2.45, 2.75) is 12.8 Å². The van der Waals surface area contributed by atoms with Crippen molar-refractivity contribution < 1.29 is 0 Å². The smallest absolute Gasteiger partial charge is 0.163 e. The van der Waals surface area contributed by atoms with E-state index < -0.39 is 0 Å². The molecular weight excluding hydrogens is 302 g/mol. The minimum Gasteiger partial charge on any atom is -0.310 e. The Hall–Kier alpha value is -1.78. The lowest BCUT2D eigenvalue weighted by Gasteiger charge is -2.09. The Labute approximate surface area is 133 Å². The number of allylic oxidation sites excluding steroid dienone is 3. The number of hydrogen-bond acceptors (Lipinski definition) is 4. The molecule has 0 saturated carbocycles. The molecule has 0 bridgehead atoms. The Balaban J connectivity index is 1.78. The molecule has 0 saturated heterocycles. The number of anilines is 1. The quantitative estimate of drug-likeness (QED) is 0.630. The minimum atomic E-state index is 0.431. The van der Waals surface area contributed by atoms with Crippen LogP contribution in [0.3, 0.4) is 0 Å². The summed E-state index contributed by atoms with van der Waals surface area (Å²) in [7, 11) is 0. The lowest BCUT2D eigenvalue weighted by molar-refractivity contribution is 1.03. The molecule has 0 amide bonds. The van der Waals surface area contributed by atoms with Gasteiger partial charge in [0, 0.05) is 16.5 Å². The molecule has 1 aliphatic carbocycles. The summed E-state index contributed by atoms with van der Waals surface area (Å²) in [6.45, 7) is 0. The fourth-order valence-electron chi connectivity index (χ4n) is 1.96. The van der Waals surface area contributed by atoms with Crippen molar-refractivity contribution in [2.24, 2.45) is 0 Å². The average Bonchev–Trinajstić information content (AvgIpc) is 2.54. The van der Waals surface area contributed by atoms with Crippen LogP contribution in [-0.2, 0) is 0 Å². The lowest BCUT2D eigenvalue weighted by atomic mass is 10.2. The highest BCUT2D eigenvalue weighted by atomic mass is 35.5. The molecule has 106 valence electrons. The fraction of sp³-hybridized carbons (Fsp3) is 0.125. The summed E-state index contributed by atoms with van der Waals surface area (Å²) in [6, 6.07) is 11.5. The Morgan fingerprint density at radius 2 is 1.95 bits per heavy atom. The predicted molar refractivity (Wildman–Crippen MR) is 90.1 cm³/mol. The topological polar surface area (TPSA) is 37.8 Å². The maximum atomic E-state index is 6.09. The van der Waals surface area contributed by atoms with Gasteiger partial charge in [0.2, 0.25) is 0 Å². The largest absolute Gasteiger partial charge is 0.310 e. The zero-order chi connectivity index (χ0) is 14.5. The maximum Gasteiger partial charge on any atom is 0.163 e. The molecule has 2 aromatic rings. The SMILES string of the molecule is Clc1cc(NSC2=CCCC=C2)nc(-c2ccccc2)n1. The Kier molecular flexibility index (Phi) is 4.58. The van der Waals surface area contributed by atoms with Gasteiger partial charge in [-0.15, -0.1) is 0 Å². The zero-order valence-electron chi connectivity index (χ0n) is 11.3. The molecule has 3 rings (SSSR count). The van der Waals surface area contributed by atoms with Gasteiger partial charge < -0.3 is 4.72 Å². The van der Waals surface area contributed by atoms with Crippen LogP contribution in [0.4, 0.5) is 5.82 Å². The van der Waals surface area contributed by atoms with Gasteiger partial charge in [-0.2, -0.15) is 0 Å². The standard InChI is InChI=1S/C16H14ClN3S/c17-14-11-15(20-21-13-9-5-2-6-10-13)19-16(18-14)12-7-3-1-4-8-12/h1,3-5,7-11H,2,6H2,(H,18,19,20). The molecule has 1 aliphatic rings. The Morgan fingerprint density at radius 1 is 1.10 bits per heavy atom. The van der Waals surface area contributed by atoms with Crippen LogP contribution in [0, 0.1) is 0 Å². The van der Waals surface area contributed by atoms with E-state index in [1.165, 1.54) is 16.9 Å². The highest BCUT2D eigenvalue weighted by Gasteiger charge is 2.06. The molecule has 5 heteroatoms. The highest BCUT2D eigenvalue weighted by molar-refractivity contribution is 8.04. The molecule has 3 nitrogen and oxygen atoms in total. The molecule has 0 aliphatic heterocycles. The third-order valence-electron chi connectivity index (χ3n) is 2.96. The first-order chi connectivity index (χ1) is 10.3. The van der Waals surface area contributed by atoms with Crippen LogP contribution in [0.15, 0.2) is 59.5 Å². The molecule has 0 radical (unpaired) electrons. The zero-order valence-corrected chi connectivity index (χ0v) is 12.9. The molecule has 0 unspecified atom stereocenters. The first kappa shape index (κ1) is 14.2. The second-order valence-electron chi connectivity index (χ2n) is 4.56. The van der Waals surface area contributed by atoms with Crippen molar-refractivity contribution >= 4 is 29.4 Å². The van der Waals surface area contributed by atoms with Gasteiger partial charge in [0.15, 0.2) is 5.82 Å². The summed E-state index contributed by atoms with van der Waals surface area (Å²) >= 11 is 7.63. The van der Waals surface area contributed by atoms with E-state index in [1.54, 1.807) is 6.07 Å². The Morgan fingerprint density at radius 3 is 2.71 bits per heavy atom. The normalized spacial score (nSPS) is 13.9. The van der Waals surface area contributed by atoms with Gasteiger partial charge in [0.25, 0.3) is 0 Å². The van der Waals surface area contributed by atoms with Gasteiger partial charge in [-0.05, 0) is 24.8 Å². The van der Waals surface area contributed by atoms with E-state index in [4.69, 9.17) is 11.6 Å². The van der Waals surface area contributed by atoms with E-state index in [1.807, 2.05) is 30.3 Å². The van der Waals surface area contributed by atoms with Crippen LogP contribution in [-0.4, -0.2) is 9.97 Å². The second kappa shape index (κ2) is 6.78. The van der Waals surface area contributed by atoms with E-state index in [-0.39, 0.29) is 0 Å². The molecule has 1 heterocycles. The summed E-state index contributed by atoms with van der Waals surface area (Å²) in [6.07, 6.45) is 8.69. The molecule has 1 aromatic heterocycles. The van der Waals surface area contributed by atoms with Gasteiger partial charge in [-0.25, -0.2) is 9.97 Å². The molecule has 0 fully saturated rings. The monoisotopic (exact) mass is 315 g/mol. The number of aromatic nitrogens is 2. The number of nitrogens with zero attached hydrogens (tertiary/aromatic N) is 2. The maximum absolute atomic E-state index is 6.09. The molecule has 0 atom stereocenters. The molecule has 1 aromatic carbocycles. The summed E-state index contributed by atoms with van der Waals surface area (Å²) in [5.74, 6) is 1.33. The Bertz CT molecular complexity index is 683. The van der Waals surface area contributed by atoms with Crippen molar-refractivity contribution in [3.05, 3.63) is 64.7 Å². The fourth-order valence-corrected chi connectivity index (χ4v) is 2.84. The van der Waals surface area contributed by atoms with E-state index in [9.17, 15) is 0 Å². The molecular formula is C16H14ClN3S. The van der Waals surface area contributed by atoms with E-state index in [0.717, 1.165) is 18.4 Å².